The summed E-state index contributed by atoms with van der Waals surface area (Å²) in [6.45, 7) is 0.760. The molecule has 1 fully saturated rings. The van der Waals surface area contributed by atoms with Crippen LogP contribution in [-0.4, -0.2) is 34.7 Å². The van der Waals surface area contributed by atoms with E-state index in [0.717, 1.165) is 19.4 Å². The minimum atomic E-state index is -1.11. The highest BCUT2D eigenvalue weighted by Gasteiger charge is 2.18. The normalized spacial score (nSPS) is 18.2. The quantitative estimate of drug-likeness (QED) is 0.844. The number of anilines is 1. The lowest BCUT2D eigenvalue weighted by Gasteiger charge is -2.10. The number of carboxylic acid groups (broad SMARTS) is 1. The average Bonchev–Trinajstić information content (AvgIpc) is 2.90. The van der Waals surface area contributed by atoms with Gasteiger partial charge in [-0.1, -0.05) is 0 Å². The molecule has 19 heavy (non-hydrogen) atoms. The van der Waals surface area contributed by atoms with E-state index in [2.05, 4.69) is 10.3 Å². The molecule has 6 nitrogen and oxygen atoms in total. The molecule has 2 N–H and O–H groups in total. The van der Waals surface area contributed by atoms with Crippen molar-refractivity contribution >= 4 is 17.7 Å². The number of hydrogen-bond donors (Lipinski definition) is 2. The highest BCUT2D eigenvalue weighted by molar-refractivity contribution is 5.99. The van der Waals surface area contributed by atoms with E-state index in [4.69, 9.17) is 9.84 Å². The summed E-state index contributed by atoms with van der Waals surface area (Å²) in [6, 6.07) is 2.93. The second kappa shape index (κ2) is 6.29. The Labute approximate surface area is 110 Å². The summed E-state index contributed by atoms with van der Waals surface area (Å²) in [4.78, 5) is 26.6. The maximum atomic E-state index is 11.7. The van der Waals surface area contributed by atoms with Crippen LogP contribution in [0.1, 0.15) is 36.0 Å². The molecule has 1 aliphatic rings. The number of carboxylic acids is 1. The number of carbonyl (C=O) groups excluding carboxylic acids is 1. The van der Waals surface area contributed by atoms with E-state index in [1.54, 1.807) is 0 Å². The monoisotopic (exact) mass is 264 g/mol. The maximum Gasteiger partial charge on any atom is 0.339 e. The van der Waals surface area contributed by atoms with E-state index in [9.17, 15) is 9.59 Å². The highest BCUT2D eigenvalue weighted by Crippen LogP contribution is 2.17. The van der Waals surface area contributed by atoms with Crippen molar-refractivity contribution in [3.8, 4) is 0 Å². The molecule has 1 aromatic heterocycles. The zero-order valence-corrected chi connectivity index (χ0v) is 10.5. The van der Waals surface area contributed by atoms with Crippen LogP contribution in [0.4, 0.5) is 5.82 Å². The molecule has 1 unspecified atom stereocenters. The Hall–Kier alpha value is -1.95. The number of ether oxygens (including phenoxy) is 1. The second-order valence-electron chi connectivity index (χ2n) is 4.43. The van der Waals surface area contributed by atoms with Crippen LogP contribution in [0.15, 0.2) is 18.3 Å². The molecular formula is C13H16N2O4. The zero-order chi connectivity index (χ0) is 13.7. The number of amides is 1. The Balaban J connectivity index is 1.89. The van der Waals surface area contributed by atoms with Crippen LogP contribution in [-0.2, 0) is 9.53 Å². The Morgan fingerprint density at radius 3 is 3.05 bits per heavy atom. The number of nitrogens with one attached hydrogen (secondary N) is 1. The molecule has 0 radical (unpaired) electrons. The Morgan fingerprint density at radius 2 is 2.37 bits per heavy atom. The molecule has 1 amide bonds. The van der Waals surface area contributed by atoms with E-state index in [1.165, 1.54) is 18.3 Å². The smallest absolute Gasteiger partial charge is 0.339 e. The van der Waals surface area contributed by atoms with Gasteiger partial charge in [-0.25, -0.2) is 9.78 Å². The van der Waals surface area contributed by atoms with Gasteiger partial charge in [0.05, 0.1) is 6.10 Å². The lowest BCUT2D eigenvalue weighted by molar-refractivity contribution is -0.116. The topological polar surface area (TPSA) is 88.5 Å². The van der Waals surface area contributed by atoms with Crippen molar-refractivity contribution in [1.82, 2.24) is 4.98 Å². The van der Waals surface area contributed by atoms with Gasteiger partial charge in [0.25, 0.3) is 0 Å². The lowest BCUT2D eigenvalue weighted by atomic mass is 10.1. The standard InChI is InChI=1S/C13H16N2O4/c16-11(6-5-9-3-2-8-19-9)15-12-10(13(17)18)4-1-7-14-12/h1,4,7,9H,2-3,5-6,8H2,(H,17,18)(H,14,15,16). The van der Waals surface area contributed by atoms with Gasteiger partial charge in [0.1, 0.15) is 11.4 Å². The maximum absolute atomic E-state index is 11.7. The van der Waals surface area contributed by atoms with Crippen LogP contribution in [0.25, 0.3) is 0 Å². The van der Waals surface area contributed by atoms with Crippen LogP contribution < -0.4 is 5.32 Å². The predicted octanol–water partition coefficient (Wildman–Crippen LogP) is 1.68. The van der Waals surface area contributed by atoms with Crippen LogP contribution >= 0.6 is 0 Å². The Morgan fingerprint density at radius 1 is 1.53 bits per heavy atom. The fourth-order valence-electron chi connectivity index (χ4n) is 2.04. The van der Waals surface area contributed by atoms with Crippen LogP contribution in [0.3, 0.4) is 0 Å². The van der Waals surface area contributed by atoms with Gasteiger partial charge >= 0.3 is 5.97 Å². The lowest BCUT2D eigenvalue weighted by Crippen LogP contribution is -2.18. The number of aromatic carboxylic acids is 1. The molecule has 2 heterocycles. The fraction of sp³-hybridized carbons (Fsp3) is 0.462. The zero-order valence-electron chi connectivity index (χ0n) is 10.5. The van der Waals surface area contributed by atoms with Crippen LogP contribution in [0.2, 0.25) is 0 Å². The minimum absolute atomic E-state index is 0.00651. The number of hydrogen-bond acceptors (Lipinski definition) is 4. The van der Waals surface area contributed by atoms with E-state index >= 15 is 0 Å². The summed E-state index contributed by atoms with van der Waals surface area (Å²) in [5.74, 6) is -1.26. The predicted molar refractivity (Wildman–Crippen MR) is 68.0 cm³/mol. The Bertz CT molecular complexity index is 469. The van der Waals surface area contributed by atoms with E-state index in [0.29, 0.717) is 12.8 Å². The summed E-state index contributed by atoms with van der Waals surface area (Å²) in [5, 5.41) is 11.5. The minimum Gasteiger partial charge on any atom is -0.478 e. The van der Waals surface area contributed by atoms with Crippen molar-refractivity contribution in [3.63, 3.8) is 0 Å². The molecule has 6 heteroatoms. The first-order valence-corrected chi connectivity index (χ1v) is 6.26. The van der Waals surface area contributed by atoms with Crippen molar-refractivity contribution < 1.29 is 19.4 Å². The van der Waals surface area contributed by atoms with Crippen molar-refractivity contribution in [1.29, 1.82) is 0 Å². The second-order valence-corrected chi connectivity index (χ2v) is 4.43. The summed E-state index contributed by atoms with van der Waals surface area (Å²) < 4.78 is 5.43. The first-order valence-electron chi connectivity index (χ1n) is 6.26. The van der Waals surface area contributed by atoms with Crippen molar-refractivity contribution in [3.05, 3.63) is 23.9 Å². The van der Waals surface area contributed by atoms with Gasteiger partial charge in [0.15, 0.2) is 0 Å². The third-order valence-electron chi connectivity index (χ3n) is 3.01. The van der Waals surface area contributed by atoms with E-state index in [-0.39, 0.29) is 23.4 Å². The van der Waals surface area contributed by atoms with Gasteiger partial charge in [0, 0.05) is 19.2 Å². The van der Waals surface area contributed by atoms with Crippen molar-refractivity contribution in [2.24, 2.45) is 0 Å². The molecule has 0 aromatic carbocycles. The van der Waals surface area contributed by atoms with Gasteiger partial charge in [-0.2, -0.15) is 0 Å². The molecule has 1 aliphatic heterocycles. The van der Waals surface area contributed by atoms with Crippen LogP contribution in [0, 0.1) is 0 Å². The van der Waals surface area contributed by atoms with Crippen LogP contribution in [0.5, 0.6) is 0 Å². The molecule has 2 rings (SSSR count). The van der Waals surface area contributed by atoms with Crippen molar-refractivity contribution in [2.45, 2.75) is 31.8 Å². The molecule has 0 aliphatic carbocycles. The fourth-order valence-corrected chi connectivity index (χ4v) is 2.04. The molecule has 0 spiro atoms. The SMILES string of the molecule is O=C(CCC1CCCO1)Nc1ncccc1C(=O)O. The number of rotatable bonds is 5. The van der Waals surface area contributed by atoms with E-state index < -0.39 is 5.97 Å². The first kappa shape index (κ1) is 13.5. The molecule has 1 aromatic rings. The molecule has 1 saturated heterocycles. The third kappa shape index (κ3) is 3.75. The molecule has 0 bridgehead atoms. The molecule has 0 saturated carbocycles. The van der Waals surface area contributed by atoms with Gasteiger partial charge in [-0.15, -0.1) is 0 Å². The van der Waals surface area contributed by atoms with Gasteiger partial charge in [0.2, 0.25) is 5.91 Å². The number of nitrogens with zero attached hydrogens (tertiary/aromatic N) is 1. The Kier molecular flexibility index (Phi) is 4.46. The summed E-state index contributed by atoms with van der Waals surface area (Å²) in [7, 11) is 0. The summed E-state index contributed by atoms with van der Waals surface area (Å²) in [5.41, 5.74) is -0.00651. The van der Waals surface area contributed by atoms with Gasteiger partial charge in [-0.05, 0) is 31.4 Å². The van der Waals surface area contributed by atoms with E-state index in [1.807, 2.05) is 0 Å². The third-order valence-corrected chi connectivity index (χ3v) is 3.01. The van der Waals surface area contributed by atoms with Gasteiger partial charge in [-0.3, -0.25) is 4.79 Å². The first-order chi connectivity index (χ1) is 9.16. The summed E-state index contributed by atoms with van der Waals surface area (Å²) >= 11 is 0. The number of carbonyl (C=O) groups is 2. The number of pyridine rings is 1. The summed E-state index contributed by atoms with van der Waals surface area (Å²) in [6.07, 6.45) is 4.57. The van der Waals surface area contributed by atoms with Crippen molar-refractivity contribution in [2.75, 3.05) is 11.9 Å². The van der Waals surface area contributed by atoms with Gasteiger partial charge < -0.3 is 15.2 Å². The average molecular weight is 264 g/mol. The molecule has 102 valence electrons. The highest BCUT2D eigenvalue weighted by atomic mass is 16.5. The largest absolute Gasteiger partial charge is 0.478 e. The molecular weight excluding hydrogens is 248 g/mol. The number of aromatic nitrogens is 1. The molecule has 1 atom stereocenters.